The van der Waals surface area contributed by atoms with E-state index in [1.54, 1.807) is 0 Å². The monoisotopic (exact) mass is 252 g/mol. The van der Waals surface area contributed by atoms with Crippen LogP contribution in [0.15, 0.2) is 18.2 Å². The molecular weight excluding hydrogens is 236 g/mol. The van der Waals surface area contributed by atoms with Gasteiger partial charge in [0, 0.05) is 36.3 Å². The highest BCUT2D eigenvalue weighted by Gasteiger charge is 2.25. The minimum absolute atomic E-state index is 0.0824. The average molecular weight is 253 g/mol. The van der Waals surface area contributed by atoms with Gasteiger partial charge in [-0.25, -0.2) is 0 Å². The van der Waals surface area contributed by atoms with E-state index in [1.807, 2.05) is 30.0 Å². The number of nitrogens with zero attached hydrogens (tertiary/aromatic N) is 1. The van der Waals surface area contributed by atoms with Crippen LogP contribution < -0.4 is 5.32 Å². The van der Waals surface area contributed by atoms with Crippen LogP contribution in [-0.4, -0.2) is 36.5 Å². The fourth-order valence-electron chi connectivity index (χ4n) is 2.14. The van der Waals surface area contributed by atoms with Crippen LogP contribution in [0.5, 0.6) is 0 Å². The van der Waals surface area contributed by atoms with Crippen LogP contribution >= 0.6 is 11.6 Å². The van der Waals surface area contributed by atoms with Crippen molar-refractivity contribution in [2.24, 2.45) is 0 Å². The molecule has 0 radical (unpaired) electrons. The highest BCUT2D eigenvalue weighted by atomic mass is 35.5. The molecule has 1 amide bonds. The van der Waals surface area contributed by atoms with Crippen LogP contribution in [0.3, 0.4) is 0 Å². The zero-order chi connectivity index (χ0) is 12.4. The van der Waals surface area contributed by atoms with Gasteiger partial charge in [-0.15, -0.1) is 0 Å². The normalized spacial score (nSPS) is 20.4. The van der Waals surface area contributed by atoms with Crippen LogP contribution in [0.1, 0.15) is 22.8 Å². The summed E-state index contributed by atoms with van der Waals surface area (Å²) in [6.45, 7) is 6.42. The van der Waals surface area contributed by atoms with Crippen molar-refractivity contribution in [3.63, 3.8) is 0 Å². The van der Waals surface area contributed by atoms with Gasteiger partial charge in [0.25, 0.3) is 5.91 Å². The topological polar surface area (TPSA) is 32.3 Å². The van der Waals surface area contributed by atoms with Gasteiger partial charge in [-0.2, -0.15) is 0 Å². The summed E-state index contributed by atoms with van der Waals surface area (Å²) in [7, 11) is 0. The van der Waals surface area contributed by atoms with Crippen LogP contribution in [0.4, 0.5) is 0 Å². The van der Waals surface area contributed by atoms with Crippen LogP contribution in [0, 0.1) is 6.92 Å². The minimum Gasteiger partial charge on any atom is -0.333 e. The van der Waals surface area contributed by atoms with Crippen LogP contribution in [0.2, 0.25) is 5.02 Å². The van der Waals surface area contributed by atoms with Crippen molar-refractivity contribution in [2.45, 2.75) is 19.9 Å². The van der Waals surface area contributed by atoms with Gasteiger partial charge in [0.2, 0.25) is 0 Å². The smallest absolute Gasteiger partial charge is 0.254 e. The van der Waals surface area contributed by atoms with Gasteiger partial charge in [-0.05, 0) is 31.5 Å². The third kappa shape index (κ3) is 2.45. The highest BCUT2D eigenvalue weighted by molar-refractivity contribution is 6.31. The van der Waals surface area contributed by atoms with Gasteiger partial charge in [0.1, 0.15) is 0 Å². The predicted molar refractivity (Wildman–Crippen MR) is 69.6 cm³/mol. The molecule has 0 bridgehead atoms. The van der Waals surface area contributed by atoms with Crippen molar-refractivity contribution in [1.82, 2.24) is 10.2 Å². The molecule has 1 saturated heterocycles. The third-order valence-electron chi connectivity index (χ3n) is 3.26. The minimum atomic E-state index is 0.0824. The zero-order valence-electron chi connectivity index (χ0n) is 10.2. The molecule has 1 aliphatic heterocycles. The SMILES string of the molecule is Cc1c(Cl)cccc1C(=O)N1CCNC[C@H]1C. The Morgan fingerprint density at radius 1 is 1.53 bits per heavy atom. The summed E-state index contributed by atoms with van der Waals surface area (Å²) < 4.78 is 0. The van der Waals surface area contributed by atoms with Gasteiger partial charge in [0.05, 0.1) is 0 Å². The van der Waals surface area contributed by atoms with Crippen LogP contribution in [0.25, 0.3) is 0 Å². The lowest BCUT2D eigenvalue weighted by atomic mass is 10.1. The largest absolute Gasteiger partial charge is 0.333 e. The van der Waals surface area contributed by atoms with Gasteiger partial charge in [0.15, 0.2) is 0 Å². The Kier molecular flexibility index (Phi) is 3.69. The molecule has 3 nitrogen and oxygen atoms in total. The van der Waals surface area contributed by atoms with E-state index in [1.165, 1.54) is 0 Å². The van der Waals surface area contributed by atoms with E-state index in [9.17, 15) is 4.79 Å². The lowest BCUT2D eigenvalue weighted by molar-refractivity contribution is 0.0655. The number of hydrogen-bond donors (Lipinski definition) is 1. The maximum Gasteiger partial charge on any atom is 0.254 e. The number of halogens is 1. The van der Waals surface area contributed by atoms with E-state index in [0.717, 1.165) is 25.2 Å². The molecule has 0 aromatic heterocycles. The second-order valence-corrected chi connectivity index (χ2v) is 4.87. The van der Waals surface area contributed by atoms with E-state index in [0.29, 0.717) is 10.6 Å². The molecule has 1 N–H and O–H groups in total. The molecule has 1 aromatic rings. The first-order valence-electron chi connectivity index (χ1n) is 5.88. The Hall–Kier alpha value is -1.06. The molecule has 0 unspecified atom stereocenters. The Bertz CT molecular complexity index is 433. The second-order valence-electron chi connectivity index (χ2n) is 4.46. The fourth-order valence-corrected chi connectivity index (χ4v) is 2.31. The number of benzene rings is 1. The molecule has 1 aromatic carbocycles. The molecule has 0 spiro atoms. The lowest BCUT2D eigenvalue weighted by Crippen LogP contribution is -2.52. The number of amides is 1. The first-order chi connectivity index (χ1) is 8.11. The van der Waals surface area contributed by atoms with Gasteiger partial charge in [-0.3, -0.25) is 4.79 Å². The van der Waals surface area contributed by atoms with Gasteiger partial charge < -0.3 is 10.2 Å². The Balaban J connectivity index is 2.27. The molecule has 1 fully saturated rings. The summed E-state index contributed by atoms with van der Waals surface area (Å²) in [6.07, 6.45) is 0. The first-order valence-corrected chi connectivity index (χ1v) is 6.26. The standard InChI is InChI=1S/C13H17ClN2O/c1-9-8-15-6-7-16(9)13(17)11-4-3-5-12(14)10(11)2/h3-5,9,15H,6-8H2,1-2H3/t9-/m1/s1. The molecule has 92 valence electrons. The van der Waals surface area contributed by atoms with E-state index in [-0.39, 0.29) is 11.9 Å². The molecule has 17 heavy (non-hydrogen) atoms. The summed E-state index contributed by atoms with van der Waals surface area (Å²) in [6, 6.07) is 5.72. The maximum absolute atomic E-state index is 12.4. The maximum atomic E-state index is 12.4. The quantitative estimate of drug-likeness (QED) is 0.830. The van der Waals surface area contributed by atoms with E-state index in [2.05, 4.69) is 12.2 Å². The molecular formula is C13H17ClN2O. The van der Waals surface area contributed by atoms with Crippen molar-refractivity contribution < 1.29 is 4.79 Å². The van der Waals surface area contributed by atoms with Crippen LogP contribution in [-0.2, 0) is 0 Å². The Morgan fingerprint density at radius 2 is 2.29 bits per heavy atom. The van der Waals surface area contributed by atoms with E-state index >= 15 is 0 Å². The summed E-state index contributed by atoms with van der Waals surface area (Å²) in [5.41, 5.74) is 1.58. The molecule has 1 atom stereocenters. The molecule has 2 rings (SSSR count). The van der Waals surface area contributed by atoms with Gasteiger partial charge in [-0.1, -0.05) is 17.7 Å². The number of rotatable bonds is 1. The van der Waals surface area contributed by atoms with Crippen molar-refractivity contribution >= 4 is 17.5 Å². The number of carbonyl (C=O) groups excluding carboxylic acids is 1. The van der Waals surface area contributed by atoms with Crippen molar-refractivity contribution in [2.75, 3.05) is 19.6 Å². The number of carbonyl (C=O) groups is 1. The average Bonchev–Trinajstić information content (AvgIpc) is 2.32. The number of hydrogen-bond acceptors (Lipinski definition) is 2. The van der Waals surface area contributed by atoms with Crippen molar-refractivity contribution in [3.8, 4) is 0 Å². The summed E-state index contributed by atoms with van der Waals surface area (Å²) in [5.74, 6) is 0.0824. The van der Waals surface area contributed by atoms with E-state index in [4.69, 9.17) is 11.6 Å². The number of nitrogens with one attached hydrogen (secondary N) is 1. The Morgan fingerprint density at radius 3 is 3.00 bits per heavy atom. The summed E-state index contributed by atoms with van der Waals surface area (Å²) >= 11 is 6.05. The lowest BCUT2D eigenvalue weighted by Gasteiger charge is -2.34. The third-order valence-corrected chi connectivity index (χ3v) is 3.67. The highest BCUT2D eigenvalue weighted by Crippen LogP contribution is 2.21. The molecule has 1 aliphatic rings. The molecule has 0 saturated carbocycles. The fraction of sp³-hybridized carbons (Fsp3) is 0.462. The van der Waals surface area contributed by atoms with E-state index < -0.39 is 0 Å². The Labute approximate surface area is 107 Å². The number of piperazine rings is 1. The molecule has 0 aliphatic carbocycles. The first kappa shape index (κ1) is 12.4. The summed E-state index contributed by atoms with van der Waals surface area (Å²) in [5, 5.41) is 3.93. The van der Waals surface area contributed by atoms with Crippen molar-refractivity contribution in [3.05, 3.63) is 34.3 Å². The molecule has 4 heteroatoms. The zero-order valence-corrected chi connectivity index (χ0v) is 10.9. The molecule has 1 heterocycles. The van der Waals surface area contributed by atoms with Crippen molar-refractivity contribution in [1.29, 1.82) is 0 Å². The summed E-state index contributed by atoms with van der Waals surface area (Å²) in [4.78, 5) is 14.3. The predicted octanol–water partition coefficient (Wildman–Crippen LogP) is 2.08. The second kappa shape index (κ2) is 5.07. The van der Waals surface area contributed by atoms with Gasteiger partial charge >= 0.3 is 0 Å².